The number of nitrogens with one attached hydrogen (secondary N) is 3. The van der Waals surface area contributed by atoms with E-state index in [4.69, 9.17) is 11.1 Å². The molecule has 2 heterocycles. The Labute approximate surface area is 193 Å². The molecule has 1 aliphatic rings. The number of nitrogens with zero attached hydrogens (tertiary/aromatic N) is 1. The van der Waals surface area contributed by atoms with Crippen LogP contribution in [0.1, 0.15) is 35.0 Å². The lowest BCUT2D eigenvalue weighted by Crippen LogP contribution is -2.48. The van der Waals surface area contributed by atoms with Crippen LogP contribution in [0.5, 0.6) is 0 Å². The minimum atomic E-state index is -0.0606. The molecular weight excluding hydrogens is 410 g/mol. The van der Waals surface area contributed by atoms with E-state index in [1.807, 2.05) is 36.4 Å². The van der Waals surface area contributed by atoms with E-state index in [9.17, 15) is 4.79 Å². The SMILES string of the molecule is CC1CNCCC1NC(=O)c1cc2ccc(C(=N)N)cc2n1Cc1cccc2ccccc12. The van der Waals surface area contributed by atoms with Crippen molar-refractivity contribution >= 4 is 33.4 Å². The average molecular weight is 440 g/mol. The monoisotopic (exact) mass is 439 g/mol. The summed E-state index contributed by atoms with van der Waals surface area (Å²) in [7, 11) is 0. The molecule has 0 bridgehead atoms. The summed E-state index contributed by atoms with van der Waals surface area (Å²) in [6, 6.07) is 22.4. The third-order valence-corrected chi connectivity index (χ3v) is 6.76. The Kier molecular flexibility index (Phi) is 5.60. The lowest BCUT2D eigenvalue weighted by atomic mass is 9.95. The molecule has 6 heteroatoms. The maximum Gasteiger partial charge on any atom is 0.268 e. The molecule has 5 rings (SSSR count). The topological polar surface area (TPSA) is 95.9 Å². The van der Waals surface area contributed by atoms with E-state index in [0.29, 0.717) is 23.7 Å². The quantitative estimate of drug-likeness (QED) is 0.281. The van der Waals surface area contributed by atoms with E-state index in [-0.39, 0.29) is 17.8 Å². The molecule has 2 unspecified atom stereocenters. The number of piperidine rings is 1. The molecule has 5 N–H and O–H groups in total. The van der Waals surface area contributed by atoms with E-state index >= 15 is 0 Å². The van der Waals surface area contributed by atoms with Crippen molar-refractivity contribution in [3.63, 3.8) is 0 Å². The van der Waals surface area contributed by atoms with Gasteiger partial charge in [-0.05, 0) is 53.9 Å². The lowest BCUT2D eigenvalue weighted by Gasteiger charge is -2.30. The van der Waals surface area contributed by atoms with E-state index < -0.39 is 0 Å². The van der Waals surface area contributed by atoms with Crippen LogP contribution in [0, 0.1) is 11.3 Å². The van der Waals surface area contributed by atoms with Gasteiger partial charge >= 0.3 is 0 Å². The summed E-state index contributed by atoms with van der Waals surface area (Å²) < 4.78 is 2.06. The highest BCUT2D eigenvalue weighted by Gasteiger charge is 2.25. The van der Waals surface area contributed by atoms with Crippen LogP contribution in [0.3, 0.4) is 0 Å². The van der Waals surface area contributed by atoms with E-state index in [1.165, 1.54) is 10.8 Å². The van der Waals surface area contributed by atoms with E-state index in [2.05, 4.69) is 52.5 Å². The van der Waals surface area contributed by atoms with Crippen LogP contribution in [0.25, 0.3) is 21.7 Å². The first kappa shape index (κ1) is 21.2. The molecule has 1 aliphatic heterocycles. The van der Waals surface area contributed by atoms with Gasteiger partial charge in [0.05, 0.1) is 0 Å². The molecule has 0 aliphatic carbocycles. The molecule has 0 spiro atoms. The number of nitrogens with two attached hydrogens (primary N) is 1. The Hall–Kier alpha value is -3.64. The van der Waals surface area contributed by atoms with Crippen LogP contribution in [0.4, 0.5) is 0 Å². The van der Waals surface area contributed by atoms with Gasteiger partial charge in [0, 0.05) is 29.1 Å². The van der Waals surface area contributed by atoms with Gasteiger partial charge in [0.25, 0.3) is 5.91 Å². The highest BCUT2D eigenvalue weighted by atomic mass is 16.2. The Morgan fingerprint density at radius 2 is 1.94 bits per heavy atom. The van der Waals surface area contributed by atoms with Crippen LogP contribution in [0.15, 0.2) is 66.7 Å². The number of fused-ring (bicyclic) bond motifs is 2. The van der Waals surface area contributed by atoms with Gasteiger partial charge in [-0.1, -0.05) is 61.5 Å². The number of rotatable bonds is 5. The number of benzene rings is 3. The van der Waals surface area contributed by atoms with Crippen LogP contribution in [0.2, 0.25) is 0 Å². The number of hydrogen-bond acceptors (Lipinski definition) is 3. The second-order valence-corrected chi connectivity index (χ2v) is 8.99. The van der Waals surface area contributed by atoms with Crippen molar-refractivity contribution in [3.05, 3.63) is 83.6 Å². The summed E-state index contributed by atoms with van der Waals surface area (Å²) in [5.41, 5.74) is 9.10. The maximum atomic E-state index is 13.5. The largest absolute Gasteiger partial charge is 0.384 e. The van der Waals surface area contributed by atoms with Crippen LogP contribution >= 0.6 is 0 Å². The van der Waals surface area contributed by atoms with E-state index in [0.717, 1.165) is 36.0 Å². The highest BCUT2D eigenvalue weighted by Crippen LogP contribution is 2.26. The Morgan fingerprint density at radius 1 is 1.12 bits per heavy atom. The molecular formula is C27H29N5O. The van der Waals surface area contributed by atoms with E-state index in [1.54, 1.807) is 0 Å². The van der Waals surface area contributed by atoms with Crippen molar-refractivity contribution in [2.24, 2.45) is 11.7 Å². The fraction of sp³-hybridized carbons (Fsp3) is 0.259. The van der Waals surface area contributed by atoms with Crippen molar-refractivity contribution in [3.8, 4) is 0 Å². The second-order valence-electron chi connectivity index (χ2n) is 8.99. The molecule has 1 amide bonds. The predicted molar refractivity (Wildman–Crippen MR) is 134 cm³/mol. The number of amidine groups is 1. The first-order valence-corrected chi connectivity index (χ1v) is 11.5. The zero-order valence-corrected chi connectivity index (χ0v) is 18.8. The summed E-state index contributed by atoms with van der Waals surface area (Å²) in [6.07, 6.45) is 0.922. The Balaban J connectivity index is 1.60. The summed E-state index contributed by atoms with van der Waals surface area (Å²) in [5, 5.41) is 17.8. The predicted octanol–water partition coefficient (Wildman–Crippen LogP) is 3.85. The van der Waals surface area contributed by atoms with Gasteiger partial charge in [-0.2, -0.15) is 0 Å². The van der Waals surface area contributed by atoms with Crippen LogP contribution in [-0.2, 0) is 6.54 Å². The molecule has 4 aromatic rings. The number of hydrogen-bond donors (Lipinski definition) is 4. The molecule has 3 aromatic carbocycles. The fourth-order valence-electron chi connectivity index (χ4n) is 4.85. The van der Waals surface area contributed by atoms with Crippen molar-refractivity contribution in [1.82, 2.24) is 15.2 Å². The van der Waals surface area contributed by atoms with Crippen molar-refractivity contribution in [2.45, 2.75) is 25.9 Å². The number of nitrogen functional groups attached to an aromatic ring is 1. The second kappa shape index (κ2) is 8.71. The molecule has 1 fully saturated rings. The van der Waals surface area contributed by atoms with Crippen molar-refractivity contribution in [1.29, 1.82) is 5.41 Å². The van der Waals surface area contributed by atoms with Gasteiger partial charge in [0.15, 0.2) is 0 Å². The van der Waals surface area contributed by atoms with Crippen LogP contribution in [-0.4, -0.2) is 35.4 Å². The highest BCUT2D eigenvalue weighted by molar-refractivity contribution is 6.02. The maximum absolute atomic E-state index is 13.5. The normalized spacial score (nSPS) is 18.5. The van der Waals surface area contributed by atoms with Gasteiger partial charge in [0.2, 0.25) is 0 Å². The molecule has 168 valence electrons. The molecule has 0 saturated carbocycles. The van der Waals surface area contributed by atoms with Crippen molar-refractivity contribution < 1.29 is 4.79 Å². The van der Waals surface area contributed by atoms with Gasteiger partial charge in [-0.15, -0.1) is 0 Å². The van der Waals surface area contributed by atoms with Gasteiger partial charge < -0.3 is 20.9 Å². The summed E-state index contributed by atoms with van der Waals surface area (Å²) >= 11 is 0. The molecule has 2 atom stereocenters. The van der Waals surface area contributed by atoms with Gasteiger partial charge in [0.1, 0.15) is 11.5 Å². The molecule has 6 nitrogen and oxygen atoms in total. The third kappa shape index (κ3) is 4.10. The number of carbonyl (C=O) groups is 1. The minimum absolute atomic E-state index is 0.0179. The van der Waals surface area contributed by atoms with Crippen molar-refractivity contribution in [2.75, 3.05) is 13.1 Å². The summed E-state index contributed by atoms with van der Waals surface area (Å²) in [4.78, 5) is 13.5. The van der Waals surface area contributed by atoms with Crippen LogP contribution < -0.4 is 16.4 Å². The molecule has 1 saturated heterocycles. The number of aromatic nitrogens is 1. The minimum Gasteiger partial charge on any atom is -0.384 e. The Bertz CT molecular complexity index is 1350. The van der Waals surface area contributed by atoms with Gasteiger partial charge in [-0.3, -0.25) is 10.2 Å². The first-order chi connectivity index (χ1) is 16.0. The number of carbonyl (C=O) groups excluding carboxylic acids is 1. The Morgan fingerprint density at radius 3 is 2.76 bits per heavy atom. The average Bonchev–Trinajstić information content (AvgIpc) is 3.18. The standard InChI is InChI=1S/C27H29N5O/c1-17-15-30-12-11-23(17)31-27(33)25-13-19-9-10-20(26(28)29)14-24(19)32(25)16-21-7-4-6-18-5-2-3-8-22(18)21/h2-10,13-14,17,23,30H,11-12,15-16H2,1H3,(H3,28,29)(H,31,33). The summed E-state index contributed by atoms with van der Waals surface area (Å²) in [6.45, 7) is 4.54. The first-order valence-electron chi connectivity index (χ1n) is 11.5. The smallest absolute Gasteiger partial charge is 0.268 e. The zero-order valence-electron chi connectivity index (χ0n) is 18.8. The molecule has 33 heavy (non-hydrogen) atoms. The lowest BCUT2D eigenvalue weighted by molar-refractivity contribution is 0.0905. The fourth-order valence-corrected chi connectivity index (χ4v) is 4.85. The third-order valence-electron chi connectivity index (χ3n) is 6.76. The summed E-state index contributed by atoms with van der Waals surface area (Å²) in [5.74, 6) is 0.335. The van der Waals surface area contributed by atoms with Gasteiger partial charge in [-0.25, -0.2) is 0 Å². The zero-order chi connectivity index (χ0) is 22.9. The number of amides is 1. The molecule has 1 aromatic heterocycles. The molecule has 0 radical (unpaired) electrons.